The van der Waals surface area contributed by atoms with Crippen LogP contribution in [0.25, 0.3) is 0 Å². The molecule has 0 saturated heterocycles. The molecule has 9 heavy (non-hydrogen) atoms. The second-order valence-corrected chi connectivity index (χ2v) is 1.65. The molecular weight excluding hydrogens is 140 g/mol. The third-order valence-electron chi connectivity index (χ3n) is 1.10. The third kappa shape index (κ3) is 4.24. The summed E-state index contributed by atoms with van der Waals surface area (Å²) in [5.41, 5.74) is 4.96. The van der Waals surface area contributed by atoms with Crippen LogP contribution in [-0.2, 0) is 4.79 Å². The number of rotatable bonds is 3. The highest BCUT2D eigenvalue weighted by Crippen LogP contribution is 1.84. The Bertz CT molecular complexity index is 83.0. The predicted octanol–water partition coefficient (Wildman–Crippen LogP) is -0.109. The van der Waals surface area contributed by atoms with E-state index >= 15 is 0 Å². The van der Waals surface area contributed by atoms with Crippen molar-refractivity contribution in [3.63, 3.8) is 0 Å². The van der Waals surface area contributed by atoms with E-state index in [9.17, 15) is 4.79 Å². The molecule has 0 aliphatic rings. The van der Waals surface area contributed by atoms with Crippen molar-refractivity contribution in [2.45, 2.75) is 19.4 Å². The van der Waals surface area contributed by atoms with E-state index in [0.29, 0.717) is 0 Å². The first kappa shape index (κ1) is 11.5. The Labute approximate surface area is 61.4 Å². The quantitative estimate of drug-likeness (QED) is 0.593. The van der Waals surface area contributed by atoms with E-state index < -0.39 is 0 Å². The minimum atomic E-state index is -0.282. The molecule has 56 valence electrons. The van der Waals surface area contributed by atoms with Gasteiger partial charge in [0.1, 0.15) is 0 Å². The first-order chi connectivity index (χ1) is 3.72. The van der Waals surface area contributed by atoms with Crippen molar-refractivity contribution in [2.24, 2.45) is 5.73 Å². The third-order valence-corrected chi connectivity index (χ3v) is 1.10. The van der Waals surface area contributed by atoms with E-state index in [1.807, 2.05) is 6.92 Å². The number of amides is 1. The zero-order chi connectivity index (χ0) is 6.57. The summed E-state index contributed by atoms with van der Waals surface area (Å²) in [6, 6.07) is -0.157. The molecule has 0 spiro atoms. The highest BCUT2D eigenvalue weighted by atomic mass is 35.5. The van der Waals surface area contributed by atoms with Crippen molar-refractivity contribution in [1.29, 1.82) is 0 Å². The molecule has 1 atom stereocenters. The molecule has 4 heteroatoms. The van der Waals surface area contributed by atoms with Crippen molar-refractivity contribution in [1.82, 2.24) is 5.32 Å². The Morgan fingerprint density at radius 2 is 2.22 bits per heavy atom. The van der Waals surface area contributed by atoms with Crippen LogP contribution in [-0.4, -0.2) is 19.0 Å². The van der Waals surface area contributed by atoms with E-state index in [-0.39, 0.29) is 24.4 Å². The van der Waals surface area contributed by atoms with Crippen LogP contribution in [0.2, 0.25) is 0 Å². The number of halogens is 1. The number of carbonyl (C=O) groups is 1. The predicted molar refractivity (Wildman–Crippen MR) is 39.6 cm³/mol. The average Bonchev–Trinajstić information content (AvgIpc) is 1.69. The fraction of sp³-hybridized carbons (Fsp3) is 0.800. The first-order valence-electron chi connectivity index (χ1n) is 2.69. The van der Waals surface area contributed by atoms with Gasteiger partial charge in [0.25, 0.3) is 0 Å². The molecule has 0 aliphatic heterocycles. The van der Waals surface area contributed by atoms with E-state index in [1.54, 1.807) is 7.05 Å². The SMILES string of the molecule is CC[C@@H](NC)C(N)=O.Cl. The molecule has 0 radical (unpaired) electrons. The lowest BCUT2D eigenvalue weighted by Gasteiger charge is -2.06. The summed E-state index contributed by atoms with van der Waals surface area (Å²) in [6.45, 7) is 1.91. The van der Waals surface area contributed by atoms with Crippen LogP contribution in [0.1, 0.15) is 13.3 Å². The topological polar surface area (TPSA) is 55.1 Å². The standard InChI is InChI=1S/C5H12N2O.ClH/c1-3-4(7-2)5(6)8;/h4,7H,3H2,1-2H3,(H2,6,8);1H/t4-;/m1./s1. The van der Waals surface area contributed by atoms with Gasteiger partial charge in [-0.05, 0) is 13.5 Å². The second-order valence-electron chi connectivity index (χ2n) is 1.65. The Balaban J connectivity index is 0. The maximum absolute atomic E-state index is 10.3. The number of likely N-dealkylation sites (N-methyl/N-ethyl adjacent to an activating group) is 1. The molecule has 0 saturated carbocycles. The molecule has 0 aliphatic carbocycles. The van der Waals surface area contributed by atoms with Gasteiger partial charge in [-0.1, -0.05) is 6.92 Å². The Hall–Kier alpha value is -0.280. The Morgan fingerprint density at radius 1 is 1.78 bits per heavy atom. The van der Waals surface area contributed by atoms with Gasteiger partial charge in [-0.2, -0.15) is 0 Å². The summed E-state index contributed by atoms with van der Waals surface area (Å²) in [6.07, 6.45) is 0.756. The van der Waals surface area contributed by atoms with Gasteiger partial charge in [-0.3, -0.25) is 4.79 Å². The largest absolute Gasteiger partial charge is 0.368 e. The minimum Gasteiger partial charge on any atom is -0.368 e. The van der Waals surface area contributed by atoms with Crippen molar-refractivity contribution in [2.75, 3.05) is 7.05 Å². The monoisotopic (exact) mass is 152 g/mol. The van der Waals surface area contributed by atoms with Gasteiger partial charge in [0.15, 0.2) is 0 Å². The molecule has 0 aromatic rings. The first-order valence-corrected chi connectivity index (χ1v) is 2.69. The van der Waals surface area contributed by atoms with Crippen LogP contribution in [0.15, 0.2) is 0 Å². The second kappa shape index (κ2) is 5.85. The maximum atomic E-state index is 10.3. The van der Waals surface area contributed by atoms with Crippen molar-refractivity contribution in [3.05, 3.63) is 0 Å². The Morgan fingerprint density at radius 3 is 2.22 bits per heavy atom. The summed E-state index contributed by atoms with van der Waals surface area (Å²) in [5.74, 6) is -0.282. The van der Waals surface area contributed by atoms with E-state index in [4.69, 9.17) is 5.73 Å². The number of nitrogens with one attached hydrogen (secondary N) is 1. The van der Waals surface area contributed by atoms with Gasteiger partial charge in [-0.25, -0.2) is 0 Å². The van der Waals surface area contributed by atoms with Crippen LogP contribution < -0.4 is 11.1 Å². The summed E-state index contributed by atoms with van der Waals surface area (Å²) >= 11 is 0. The summed E-state index contributed by atoms with van der Waals surface area (Å²) < 4.78 is 0. The van der Waals surface area contributed by atoms with Crippen molar-refractivity contribution < 1.29 is 4.79 Å². The van der Waals surface area contributed by atoms with E-state index in [2.05, 4.69) is 5.32 Å². The van der Waals surface area contributed by atoms with Gasteiger partial charge >= 0.3 is 0 Å². The molecule has 0 fully saturated rings. The molecule has 0 rings (SSSR count). The van der Waals surface area contributed by atoms with Gasteiger partial charge in [-0.15, -0.1) is 12.4 Å². The molecular formula is C5H13ClN2O. The maximum Gasteiger partial charge on any atom is 0.234 e. The van der Waals surface area contributed by atoms with Gasteiger partial charge < -0.3 is 11.1 Å². The highest BCUT2D eigenvalue weighted by Gasteiger charge is 2.07. The van der Waals surface area contributed by atoms with E-state index in [1.165, 1.54) is 0 Å². The highest BCUT2D eigenvalue weighted by molar-refractivity contribution is 5.85. The number of carbonyl (C=O) groups excluding carboxylic acids is 1. The Kier molecular flexibility index (Phi) is 7.48. The lowest BCUT2D eigenvalue weighted by atomic mass is 10.2. The average molecular weight is 153 g/mol. The number of nitrogens with two attached hydrogens (primary N) is 1. The van der Waals surface area contributed by atoms with Gasteiger partial charge in [0.2, 0.25) is 5.91 Å². The van der Waals surface area contributed by atoms with Crippen LogP contribution in [0.5, 0.6) is 0 Å². The van der Waals surface area contributed by atoms with Crippen LogP contribution in [0.4, 0.5) is 0 Å². The summed E-state index contributed by atoms with van der Waals surface area (Å²) in [4.78, 5) is 10.3. The molecule has 3 nitrogen and oxygen atoms in total. The van der Waals surface area contributed by atoms with Crippen LogP contribution >= 0.6 is 12.4 Å². The molecule has 0 unspecified atom stereocenters. The normalized spacial score (nSPS) is 11.8. The van der Waals surface area contributed by atoms with Crippen molar-refractivity contribution >= 4 is 18.3 Å². The number of primary amides is 1. The molecule has 0 aromatic heterocycles. The molecule has 3 N–H and O–H groups in total. The fourth-order valence-corrected chi connectivity index (χ4v) is 0.548. The summed E-state index contributed by atoms with van der Waals surface area (Å²) in [5, 5.41) is 2.78. The molecule has 0 heterocycles. The zero-order valence-corrected chi connectivity index (χ0v) is 6.49. The lowest BCUT2D eigenvalue weighted by Crippen LogP contribution is -2.38. The molecule has 1 amide bonds. The van der Waals surface area contributed by atoms with Gasteiger partial charge in [0, 0.05) is 0 Å². The van der Waals surface area contributed by atoms with Crippen LogP contribution in [0, 0.1) is 0 Å². The fourth-order valence-electron chi connectivity index (χ4n) is 0.548. The molecule has 0 bridgehead atoms. The smallest absolute Gasteiger partial charge is 0.234 e. The lowest BCUT2D eigenvalue weighted by molar-refractivity contribution is -0.119. The summed E-state index contributed by atoms with van der Waals surface area (Å²) in [7, 11) is 1.72. The van der Waals surface area contributed by atoms with Crippen LogP contribution in [0.3, 0.4) is 0 Å². The zero-order valence-electron chi connectivity index (χ0n) is 5.68. The number of hydrogen-bond donors (Lipinski definition) is 2. The molecule has 0 aromatic carbocycles. The number of hydrogen-bond acceptors (Lipinski definition) is 2. The van der Waals surface area contributed by atoms with Gasteiger partial charge in [0.05, 0.1) is 6.04 Å². The van der Waals surface area contributed by atoms with E-state index in [0.717, 1.165) is 6.42 Å². The van der Waals surface area contributed by atoms with Crippen molar-refractivity contribution in [3.8, 4) is 0 Å². The minimum absolute atomic E-state index is 0.